The lowest BCUT2D eigenvalue weighted by Gasteiger charge is -2.16. The highest BCUT2D eigenvalue weighted by Gasteiger charge is 2.05. The number of nitrogens with one attached hydrogen (secondary N) is 1. The van der Waals surface area contributed by atoms with Crippen molar-refractivity contribution in [2.45, 2.75) is 13.5 Å². The summed E-state index contributed by atoms with van der Waals surface area (Å²) in [5.74, 6) is 5.68. The first kappa shape index (κ1) is 13.9. The van der Waals surface area contributed by atoms with Crippen molar-refractivity contribution in [2.75, 3.05) is 23.9 Å². The van der Waals surface area contributed by atoms with Crippen LogP contribution in [-0.4, -0.2) is 33.3 Å². The Balaban J connectivity index is 2.19. The lowest BCUT2D eigenvalue weighted by atomic mass is 10.4. The fourth-order valence-electron chi connectivity index (χ4n) is 1.60. The fourth-order valence-corrected chi connectivity index (χ4v) is 1.60. The van der Waals surface area contributed by atoms with Crippen LogP contribution in [0.25, 0.3) is 0 Å². The number of nitrogens with zero attached hydrogens (tertiary/aromatic N) is 5. The van der Waals surface area contributed by atoms with E-state index in [1.54, 1.807) is 18.5 Å². The third-order valence-electron chi connectivity index (χ3n) is 2.94. The van der Waals surface area contributed by atoms with Gasteiger partial charge in [0.25, 0.3) is 5.56 Å². The third-order valence-corrected chi connectivity index (χ3v) is 2.94. The summed E-state index contributed by atoms with van der Waals surface area (Å²) in [6, 6.07) is 1.56. The summed E-state index contributed by atoms with van der Waals surface area (Å²) in [4.78, 5) is 22.1. The molecule has 0 amide bonds. The van der Waals surface area contributed by atoms with E-state index in [0.717, 1.165) is 12.2 Å². The van der Waals surface area contributed by atoms with Crippen LogP contribution < -0.4 is 21.7 Å². The van der Waals surface area contributed by atoms with Crippen molar-refractivity contribution in [3.63, 3.8) is 0 Å². The average molecular weight is 275 g/mol. The molecule has 2 heterocycles. The van der Waals surface area contributed by atoms with Gasteiger partial charge >= 0.3 is 0 Å². The van der Waals surface area contributed by atoms with Gasteiger partial charge in [-0.2, -0.15) is 5.10 Å². The second-order valence-corrected chi connectivity index (χ2v) is 4.26. The first-order valence-corrected chi connectivity index (χ1v) is 6.20. The van der Waals surface area contributed by atoms with Crippen LogP contribution >= 0.6 is 0 Å². The van der Waals surface area contributed by atoms with E-state index >= 15 is 0 Å². The molecule has 0 saturated carbocycles. The zero-order chi connectivity index (χ0) is 14.5. The van der Waals surface area contributed by atoms with Crippen molar-refractivity contribution in [3.05, 3.63) is 40.7 Å². The summed E-state index contributed by atoms with van der Waals surface area (Å²) < 4.78 is 1.34. The van der Waals surface area contributed by atoms with Crippen LogP contribution in [0.5, 0.6) is 0 Å². The quantitative estimate of drug-likeness (QED) is 0.576. The molecule has 106 valence electrons. The summed E-state index contributed by atoms with van der Waals surface area (Å²) in [5.41, 5.74) is 3.65. The van der Waals surface area contributed by atoms with Gasteiger partial charge in [-0.3, -0.25) is 9.78 Å². The van der Waals surface area contributed by atoms with Crippen molar-refractivity contribution in [3.8, 4) is 0 Å². The normalized spacial score (nSPS) is 10.3. The van der Waals surface area contributed by atoms with E-state index in [9.17, 15) is 4.79 Å². The number of anilines is 2. The van der Waals surface area contributed by atoms with Crippen LogP contribution in [0, 0.1) is 0 Å². The minimum absolute atomic E-state index is 0.175. The molecule has 2 aromatic heterocycles. The standard InChI is InChI=1S/C12H17N7O/c1-3-18(2)10-4-12(20)19(16-6-10)8-9-5-15-11(17-13)7-14-9/h4-7H,3,8,13H2,1-2H3,(H,15,17). The molecule has 2 rings (SSSR count). The Morgan fingerprint density at radius 2 is 2.15 bits per heavy atom. The molecule has 0 aliphatic carbocycles. The van der Waals surface area contributed by atoms with Crippen molar-refractivity contribution in [1.82, 2.24) is 19.7 Å². The summed E-state index contributed by atoms with van der Waals surface area (Å²) in [6.45, 7) is 3.09. The van der Waals surface area contributed by atoms with E-state index in [1.807, 2.05) is 18.9 Å². The van der Waals surface area contributed by atoms with Crippen molar-refractivity contribution < 1.29 is 0 Å². The van der Waals surface area contributed by atoms with Gasteiger partial charge in [-0.25, -0.2) is 15.5 Å². The van der Waals surface area contributed by atoms with Gasteiger partial charge < -0.3 is 10.3 Å². The lowest BCUT2D eigenvalue weighted by Crippen LogP contribution is -2.26. The Morgan fingerprint density at radius 3 is 2.70 bits per heavy atom. The predicted molar refractivity (Wildman–Crippen MR) is 76.4 cm³/mol. The van der Waals surface area contributed by atoms with Crippen LogP contribution in [0.15, 0.2) is 29.5 Å². The van der Waals surface area contributed by atoms with Gasteiger partial charge in [0.15, 0.2) is 5.82 Å². The molecular weight excluding hydrogens is 258 g/mol. The van der Waals surface area contributed by atoms with E-state index in [2.05, 4.69) is 20.5 Å². The van der Waals surface area contributed by atoms with E-state index in [0.29, 0.717) is 11.5 Å². The zero-order valence-electron chi connectivity index (χ0n) is 11.4. The van der Waals surface area contributed by atoms with Crippen LogP contribution in [0.4, 0.5) is 11.5 Å². The lowest BCUT2D eigenvalue weighted by molar-refractivity contribution is 0.624. The van der Waals surface area contributed by atoms with E-state index < -0.39 is 0 Å². The average Bonchev–Trinajstić information content (AvgIpc) is 2.49. The Bertz CT molecular complexity index is 622. The molecule has 2 aromatic rings. The highest BCUT2D eigenvalue weighted by atomic mass is 16.1. The van der Waals surface area contributed by atoms with Crippen LogP contribution in [0.2, 0.25) is 0 Å². The highest BCUT2D eigenvalue weighted by Crippen LogP contribution is 2.06. The van der Waals surface area contributed by atoms with Crippen LogP contribution in [0.3, 0.4) is 0 Å². The predicted octanol–water partition coefficient (Wildman–Crippen LogP) is -0.177. The van der Waals surface area contributed by atoms with Crippen molar-refractivity contribution in [1.29, 1.82) is 0 Å². The third kappa shape index (κ3) is 3.09. The van der Waals surface area contributed by atoms with Crippen molar-refractivity contribution >= 4 is 11.5 Å². The molecule has 0 saturated heterocycles. The number of hydrazine groups is 1. The minimum atomic E-state index is -0.175. The molecule has 3 N–H and O–H groups in total. The van der Waals surface area contributed by atoms with Gasteiger partial charge in [-0.15, -0.1) is 0 Å². The highest BCUT2D eigenvalue weighted by molar-refractivity contribution is 5.41. The summed E-state index contributed by atoms with van der Waals surface area (Å²) in [6.07, 6.45) is 4.71. The maximum Gasteiger partial charge on any atom is 0.269 e. The van der Waals surface area contributed by atoms with Gasteiger partial charge in [0.05, 0.1) is 36.5 Å². The number of aromatic nitrogens is 4. The molecule has 0 radical (unpaired) electrons. The maximum absolute atomic E-state index is 12.0. The molecule has 0 aliphatic rings. The minimum Gasteiger partial charge on any atom is -0.373 e. The van der Waals surface area contributed by atoms with E-state index in [1.165, 1.54) is 10.9 Å². The molecule has 8 nitrogen and oxygen atoms in total. The summed E-state index contributed by atoms with van der Waals surface area (Å²) in [7, 11) is 1.91. The Morgan fingerprint density at radius 1 is 1.35 bits per heavy atom. The van der Waals surface area contributed by atoms with Gasteiger partial charge in [0.2, 0.25) is 0 Å². The van der Waals surface area contributed by atoms with Gasteiger partial charge in [-0.05, 0) is 6.92 Å². The zero-order valence-corrected chi connectivity index (χ0v) is 11.4. The van der Waals surface area contributed by atoms with E-state index in [-0.39, 0.29) is 12.1 Å². The smallest absolute Gasteiger partial charge is 0.269 e. The molecule has 0 fully saturated rings. The monoisotopic (exact) mass is 275 g/mol. The largest absolute Gasteiger partial charge is 0.373 e. The first-order chi connectivity index (χ1) is 9.63. The molecule has 0 atom stereocenters. The molecule has 0 bridgehead atoms. The SMILES string of the molecule is CCN(C)c1cnn(Cc2cnc(NN)cn2)c(=O)c1. The second kappa shape index (κ2) is 6.11. The number of hydrogen-bond donors (Lipinski definition) is 2. The second-order valence-electron chi connectivity index (χ2n) is 4.26. The number of rotatable bonds is 5. The molecule has 0 unspecified atom stereocenters. The Hall–Kier alpha value is -2.48. The molecule has 8 heteroatoms. The first-order valence-electron chi connectivity index (χ1n) is 6.20. The Labute approximate surface area is 116 Å². The number of hydrogen-bond acceptors (Lipinski definition) is 7. The molecule has 0 aromatic carbocycles. The fraction of sp³-hybridized carbons (Fsp3) is 0.333. The Kier molecular flexibility index (Phi) is 4.26. The summed E-state index contributed by atoms with van der Waals surface area (Å²) in [5, 5.41) is 4.14. The molecule has 20 heavy (non-hydrogen) atoms. The molecule has 0 spiro atoms. The van der Waals surface area contributed by atoms with Crippen molar-refractivity contribution in [2.24, 2.45) is 5.84 Å². The van der Waals surface area contributed by atoms with Crippen LogP contribution in [-0.2, 0) is 6.54 Å². The summed E-state index contributed by atoms with van der Waals surface area (Å²) >= 11 is 0. The van der Waals surface area contributed by atoms with E-state index in [4.69, 9.17) is 5.84 Å². The number of nitrogen functional groups attached to an aromatic ring is 1. The van der Waals surface area contributed by atoms with Crippen LogP contribution in [0.1, 0.15) is 12.6 Å². The molecule has 0 aliphatic heterocycles. The van der Waals surface area contributed by atoms with Gasteiger partial charge in [0.1, 0.15) is 0 Å². The number of nitrogens with two attached hydrogens (primary N) is 1. The molecular formula is C12H17N7O. The van der Waals surface area contributed by atoms with Gasteiger partial charge in [0, 0.05) is 19.7 Å². The maximum atomic E-state index is 12.0. The topological polar surface area (TPSA) is 102 Å². The van der Waals surface area contributed by atoms with Gasteiger partial charge in [-0.1, -0.05) is 0 Å².